The Morgan fingerprint density at radius 3 is 1.93 bits per heavy atom. The van der Waals surface area contributed by atoms with Crippen LogP contribution in [-0.4, -0.2) is 22.9 Å². The molecule has 0 unspecified atom stereocenters. The molecule has 2 aromatic carbocycles. The summed E-state index contributed by atoms with van der Waals surface area (Å²) in [6, 6.07) is 14.5. The van der Waals surface area contributed by atoms with Gasteiger partial charge in [0.2, 0.25) is 11.8 Å². The summed E-state index contributed by atoms with van der Waals surface area (Å²) in [6.07, 6.45) is 2.51. The topological polar surface area (TPSA) is 95.5 Å². The van der Waals surface area contributed by atoms with E-state index >= 15 is 0 Å². The molecule has 28 heavy (non-hydrogen) atoms. The van der Waals surface area contributed by atoms with Gasteiger partial charge in [-0.25, -0.2) is 0 Å². The van der Waals surface area contributed by atoms with Crippen LogP contribution in [0.5, 0.6) is 0 Å². The SMILES string of the molecule is O=C(CC1(C(=O)O)Cc2ccccc2C1)Nc1ccc(NC(=O)C2CC2)cc1. The first kappa shape index (κ1) is 18.2. The molecule has 3 N–H and O–H groups in total. The molecule has 4 rings (SSSR count). The Bertz CT molecular complexity index is 907. The minimum absolute atomic E-state index is 0.0287. The van der Waals surface area contributed by atoms with Crippen LogP contribution in [0.1, 0.15) is 30.4 Å². The molecule has 0 bridgehead atoms. The number of hydrogen-bond acceptors (Lipinski definition) is 3. The van der Waals surface area contributed by atoms with E-state index in [1.54, 1.807) is 24.3 Å². The Morgan fingerprint density at radius 1 is 0.893 bits per heavy atom. The minimum Gasteiger partial charge on any atom is -0.481 e. The van der Waals surface area contributed by atoms with E-state index in [4.69, 9.17) is 0 Å². The highest BCUT2D eigenvalue weighted by atomic mass is 16.4. The van der Waals surface area contributed by atoms with Crippen molar-refractivity contribution >= 4 is 29.2 Å². The third-order valence-corrected chi connectivity index (χ3v) is 5.51. The van der Waals surface area contributed by atoms with Crippen molar-refractivity contribution in [3.63, 3.8) is 0 Å². The molecule has 0 heterocycles. The first-order chi connectivity index (χ1) is 13.4. The summed E-state index contributed by atoms with van der Waals surface area (Å²) in [5, 5.41) is 15.4. The first-order valence-corrected chi connectivity index (χ1v) is 9.46. The number of amides is 2. The van der Waals surface area contributed by atoms with Gasteiger partial charge in [0.05, 0.1) is 5.41 Å². The van der Waals surface area contributed by atoms with Crippen molar-refractivity contribution in [2.75, 3.05) is 10.6 Å². The molecule has 1 saturated carbocycles. The van der Waals surface area contributed by atoms with Crippen LogP contribution in [-0.2, 0) is 27.2 Å². The largest absolute Gasteiger partial charge is 0.481 e. The summed E-state index contributed by atoms with van der Waals surface area (Å²) in [6.45, 7) is 0. The van der Waals surface area contributed by atoms with Gasteiger partial charge in [0.1, 0.15) is 0 Å². The van der Waals surface area contributed by atoms with Crippen molar-refractivity contribution < 1.29 is 19.5 Å². The fourth-order valence-electron chi connectivity index (χ4n) is 3.79. The Kier molecular flexibility index (Phi) is 4.63. The second-order valence-electron chi connectivity index (χ2n) is 7.77. The minimum atomic E-state index is -1.11. The monoisotopic (exact) mass is 378 g/mol. The van der Waals surface area contributed by atoms with E-state index < -0.39 is 11.4 Å². The predicted octanol–water partition coefficient (Wildman–Crippen LogP) is 3.23. The smallest absolute Gasteiger partial charge is 0.310 e. The average molecular weight is 378 g/mol. The summed E-state index contributed by atoms with van der Waals surface area (Å²) in [5.74, 6) is -1.12. The van der Waals surface area contributed by atoms with Gasteiger partial charge >= 0.3 is 5.97 Å². The molecule has 1 fully saturated rings. The maximum Gasteiger partial charge on any atom is 0.310 e. The van der Waals surface area contributed by atoms with Crippen LogP contribution in [0.2, 0.25) is 0 Å². The number of anilines is 2. The zero-order chi connectivity index (χ0) is 19.7. The van der Waals surface area contributed by atoms with E-state index in [1.807, 2.05) is 24.3 Å². The van der Waals surface area contributed by atoms with Gasteiger partial charge in [0.25, 0.3) is 0 Å². The van der Waals surface area contributed by atoms with Crippen molar-refractivity contribution in [1.82, 2.24) is 0 Å². The predicted molar refractivity (Wildman–Crippen MR) is 105 cm³/mol. The number of carbonyl (C=O) groups excluding carboxylic acids is 2. The molecule has 2 aromatic rings. The van der Waals surface area contributed by atoms with E-state index in [0.29, 0.717) is 24.2 Å². The van der Waals surface area contributed by atoms with Crippen LogP contribution < -0.4 is 10.6 Å². The van der Waals surface area contributed by atoms with E-state index in [2.05, 4.69) is 10.6 Å². The Morgan fingerprint density at radius 2 is 1.43 bits per heavy atom. The van der Waals surface area contributed by atoms with Gasteiger partial charge in [-0.05, 0) is 61.1 Å². The van der Waals surface area contributed by atoms with Crippen LogP contribution in [0.3, 0.4) is 0 Å². The van der Waals surface area contributed by atoms with Crippen molar-refractivity contribution in [2.45, 2.75) is 32.1 Å². The number of carboxylic acid groups (broad SMARTS) is 1. The molecule has 0 radical (unpaired) electrons. The molecule has 0 atom stereocenters. The lowest BCUT2D eigenvalue weighted by atomic mass is 9.81. The fraction of sp³-hybridized carbons (Fsp3) is 0.318. The zero-order valence-electron chi connectivity index (χ0n) is 15.4. The van der Waals surface area contributed by atoms with Crippen LogP contribution in [0.4, 0.5) is 11.4 Å². The van der Waals surface area contributed by atoms with Crippen LogP contribution in [0.15, 0.2) is 48.5 Å². The van der Waals surface area contributed by atoms with Crippen molar-refractivity contribution in [3.8, 4) is 0 Å². The van der Waals surface area contributed by atoms with Crippen molar-refractivity contribution in [3.05, 3.63) is 59.7 Å². The summed E-state index contributed by atoms with van der Waals surface area (Å²) in [4.78, 5) is 36.3. The highest BCUT2D eigenvalue weighted by molar-refractivity contribution is 5.96. The van der Waals surface area contributed by atoms with E-state index in [0.717, 1.165) is 24.0 Å². The highest BCUT2D eigenvalue weighted by Gasteiger charge is 2.45. The van der Waals surface area contributed by atoms with Gasteiger partial charge in [-0.3, -0.25) is 14.4 Å². The van der Waals surface area contributed by atoms with Crippen molar-refractivity contribution in [2.24, 2.45) is 11.3 Å². The van der Waals surface area contributed by atoms with Crippen LogP contribution in [0, 0.1) is 11.3 Å². The standard InChI is InChI=1S/C22H22N2O4/c25-19(13-22(21(27)28)11-15-3-1-2-4-16(15)12-22)23-17-7-9-18(10-8-17)24-20(26)14-5-6-14/h1-4,7-10,14H,5-6,11-13H2,(H,23,25)(H,24,26)(H,27,28). The van der Waals surface area contributed by atoms with Gasteiger partial charge in [0, 0.05) is 23.7 Å². The van der Waals surface area contributed by atoms with Crippen molar-refractivity contribution in [1.29, 1.82) is 0 Å². The fourth-order valence-corrected chi connectivity index (χ4v) is 3.79. The molecule has 2 aliphatic rings. The number of carboxylic acids is 1. The van der Waals surface area contributed by atoms with Gasteiger partial charge < -0.3 is 15.7 Å². The van der Waals surface area contributed by atoms with Crippen LogP contribution >= 0.6 is 0 Å². The molecule has 6 heteroatoms. The molecule has 0 saturated heterocycles. The number of rotatable bonds is 6. The third-order valence-electron chi connectivity index (χ3n) is 5.51. The van der Waals surface area contributed by atoms with Crippen LogP contribution in [0.25, 0.3) is 0 Å². The van der Waals surface area contributed by atoms with Gasteiger partial charge in [-0.15, -0.1) is 0 Å². The molecule has 6 nitrogen and oxygen atoms in total. The number of benzene rings is 2. The number of fused-ring (bicyclic) bond motifs is 1. The summed E-state index contributed by atoms with van der Waals surface area (Å²) < 4.78 is 0. The quantitative estimate of drug-likeness (QED) is 0.719. The lowest BCUT2D eigenvalue weighted by molar-refractivity contribution is -0.150. The number of carbonyl (C=O) groups is 3. The maximum absolute atomic E-state index is 12.5. The summed E-state index contributed by atoms with van der Waals surface area (Å²) in [5.41, 5.74) is 2.14. The number of nitrogens with one attached hydrogen (secondary N) is 2. The molecule has 2 amide bonds. The highest BCUT2D eigenvalue weighted by Crippen LogP contribution is 2.40. The van der Waals surface area contributed by atoms with Gasteiger partial charge in [-0.2, -0.15) is 0 Å². The lowest BCUT2D eigenvalue weighted by Crippen LogP contribution is -2.36. The first-order valence-electron chi connectivity index (χ1n) is 9.46. The molecule has 2 aliphatic carbocycles. The number of hydrogen-bond donors (Lipinski definition) is 3. The average Bonchev–Trinajstić information content (AvgIpc) is 3.44. The number of aliphatic carboxylic acids is 1. The Hall–Kier alpha value is -3.15. The van der Waals surface area contributed by atoms with E-state index in [9.17, 15) is 19.5 Å². The second-order valence-corrected chi connectivity index (χ2v) is 7.77. The molecule has 0 aromatic heterocycles. The summed E-state index contributed by atoms with van der Waals surface area (Å²) >= 11 is 0. The van der Waals surface area contributed by atoms with Gasteiger partial charge in [0.15, 0.2) is 0 Å². The molecule has 0 spiro atoms. The third kappa shape index (κ3) is 3.76. The maximum atomic E-state index is 12.5. The lowest BCUT2D eigenvalue weighted by Gasteiger charge is -2.23. The Balaban J connectivity index is 1.39. The van der Waals surface area contributed by atoms with E-state index in [-0.39, 0.29) is 24.2 Å². The normalized spacial score (nSPS) is 16.9. The molecule has 0 aliphatic heterocycles. The zero-order valence-corrected chi connectivity index (χ0v) is 15.4. The molecular weight excluding hydrogens is 356 g/mol. The second kappa shape index (κ2) is 7.11. The molecular formula is C22H22N2O4. The Labute approximate surface area is 163 Å². The summed E-state index contributed by atoms with van der Waals surface area (Å²) in [7, 11) is 0. The molecule has 144 valence electrons. The van der Waals surface area contributed by atoms with Gasteiger partial charge in [-0.1, -0.05) is 24.3 Å². The van der Waals surface area contributed by atoms with E-state index in [1.165, 1.54) is 0 Å².